The third kappa shape index (κ3) is 3.19. The standard InChI is InChI=1S/C14H14N2O4S/c1-9-5-6-11(8-12(9)14(17)18)21(19,20)16-13-10(2)4-3-7-15-13/h3-8H,1-2H3,(H,15,16)(H,17,18). The first kappa shape index (κ1) is 15.0. The average Bonchev–Trinajstić information content (AvgIpc) is 2.41. The van der Waals surface area contributed by atoms with Crippen molar-refractivity contribution in [2.24, 2.45) is 0 Å². The molecule has 7 heteroatoms. The van der Waals surface area contributed by atoms with Crippen molar-refractivity contribution in [3.05, 3.63) is 53.2 Å². The highest BCUT2D eigenvalue weighted by Gasteiger charge is 2.19. The van der Waals surface area contributed by atoms with Crippen LogP contribution < -0.4 is 4.72 Å². The number of carboxylic acids is 1. The smallest absolute Gasteiger partial charge is 0.335 e. The van der Waals surface area contributed by atoms with Crippen LogP contribution in [0, 0.1) is 13.8 Å². The predicted octanol–water partition coefficient (Wildman–Crippen LogP) is 2.20. The first-order chi connectivity index (χ1) is 9.81. The Morgan fingerprint density at radius 2 is 1.90 bits per heavy atom. The molecule has 1 heterocycles. The van der Waals surface area contributed by atoms with Crippen molar-refractivity contribution in [2.45, 2.75) is 18.7 Å². The highest BCUT2D eigenvalue weighted by Crippen LogP contribution is 2.19. The minimum atomic E-state index is -3.88. The summed E-state index contributed by atoms with van der Waals surface area (Å²) in [6, 6.07) is 7.38. The fourth-order valence-electron chi connectivity index (χ4n) is 1.78. The van der Waals surface area contributed by atoms with Gasteiger partial charge in [0.25, 0.3) is 10.0 Å². The molecule has 0 aliphatic rings. The molecule has 0 fully saturated rings. The zero-order valence-electron chi connectivity index (χ0n) is 11.5. The fourth-order valence-corrected chi connectivity index (χ4v) is 2.88. The summed E-state index contributed by atoms with van der Waals surface area (Å²) in [5.74, 6) is -0.950. The number of rotatable bonds is 4. The minimum absolute atomic E-state index is 0.0457. The molecule has 0 atom stereocenters. The van der Waals surface area contributed by atoms with Gasteiger partial charge < -0.3 is 5.11 Å². The van der Waals surface area contributed by atoms with E-state index < -0.39 is 16.0 Å². The molecule has 2 aromatic rings. The molecule has 1 aromatic carbocycles. The summed E-state index contributed by atoms with van der Waals surface area (Å²) >= 11 is 0. The largest absolute Gasteiger partial charge is 0.478 e. The molecule has 0 radical (unpaired) electrons. The summed E-state index contributed by atoms with van der Waals surface area (Å²) in [7, 11) is -3.88. The molecule has 1 aromatic heterocycles. The molecule has 0 saturated carbocycles. The van der Waals surface area contributed by atoms with Crippen LogP contribution in [0.4, 0.5) is 5.82 Å². The first-order valence-corrected chi connectivity index (χ1v) is 7.58. The van der Waals surface area contributed by atoms with E-state index in [1.54, 1.807) is 26.0 Å². The van der Waals surface area contributed by atoms with Crippen molar-refractivity contribution >= 4 is 21.8 Å². The Labute approximate surface area is 122 Å². The van der Waals surface area contributed by atoms with E-state index in [1.807, 2.05) is 0 Å². The van der Waals surface area contributed by atoms with Gasteiger partial charge in [0.05, 0.1) is 10.5 Å². The molecule has 2 rings (SSSR count). The third-order valence-corrected chi connectivity index (χ3v) is 4.33. The molecule has 21 heavy (non-hydrogen) atoms. The van der Waals surface area contributed by atoms with Crippen LogP contribution in [0.25, 0.3) is 0 Å². The number of nitrogens with zero attached hydrogens (tertiary/aromatic N) is 1. The maximum Gasteiger partial charge on any atom is 0.335 e. The van der Waals surface area contributed by atoms with Crippen LogP contribution in [-0.2, 0) is 10.0 Å². The van der Waals surface area contributed by atoms with E-state index in [-0.39, 0.29) is 16.3 Å². The summed E-state index contributed by atoms with van der Waals surface area (Å²) < 4.78 is 26.9. The number of carboxylic acid groups (broad SMARTS) is 1. The second kappa shape index (κ2) is 5.53. The predicted molar refractivity (Wildman–Crippen MR) is 77.9 cm³/mol. The molecular weight excluding hydrogens is 292 g/mol. The number of carbonyl (C=O) groups is 1. The van der Waals surface area contributed by atoms with Crippen molar-refractivity contribution in [3.8, 4) is 0 Å². The van der Waals surface area contributed by atoms with Crippen LogP contribution in [0.2, 0.25) is 0 Å². The van der Waals surface area contributed by atoms with Gasteiger partial charge in [-0.3, -0.25) is 4.72 Å². The fraction of sp³-hybridized carbons (Fsp3) is 0.143. The summed E-state index contributed by atoms with van der Waals surface area (Å²) in [6.07, 6.45) is 1.47. The van der Waals surface area contributed by atoms with Gasteiger partial charge in [0.1, 0.15) is 5.82 Å². The quantitative estimate of drug-likeness (QED) is 0.902. The van der Waals surface area contributed by atoms with Gasteiger partial charge in [0, 0.05) is 6.20 Å². The Balaban J connectivity index is 2.43. The number of aromatic nitrogens is 1. The average molecular weight is 306 g/mol. The maximum atomic E-state index is 12.3. The van der Waals surface area contributed by atoms with Crippen molar-refractivity contribution in [1.82, 2.24) is 4.98 Å². The number of hydrogen-bond acceptors (Lipinski definition) is 4. The lowest BCUT2D eigenvalue weighted by Gasteiger charge is -2.10. The van der Waals surface area contributed by atoms with E-state index >= 15 is 0 Å². The van der Waals surface area contributed by atoms with E-state index in [1.165, 1.54) is 18.3 Å². The van der Waals surface area contributed by atoms with Crippen molar-refractivity contribution in [3.63, 3.8) is 0 Å². The lowest BCUT2D eigenvalue weighted by Crippen LogP contribution is -2.15. The molecule has 110 valence electrons. The van der Waals surface area contributed by atoms with Gasteiger partial charge in [-0.05, 0) is 43.2 Å². The Hall–Kier alpha value is -2.41. The zero-order valence-corrected chi connectivity index (χ0v) is 12.3. The number of aromatic carboxylic acids is 1. The maximum absolute atomic E-state index is 12.3. The Morgan fingerprint density at radius 1 is 1.19 bits per heavy atom. The molecule has 6 nitrogen and oxygen atoms in total. The van der Waals surface area contributed by atoms with Crippen LogP contribution in [0.3, 0.4) is 0 Å². The van der Waals surface area contributed by atoms with Gasteiger partial charge in [-0.15, -0.1) is 0 Å². The van der Waals surface area contributed by atoms with Crippen LogP contribution in [0.5, 0.6) is 0 Å². The molecule has 0 aliphatic heterocycles. The van der Waals surface area contributed by atoms with E-state index in [9.17, 15) is 13.2 Å². The number of sulfonamides is 1. The number of benzene rings is 1. The summed E-state index contributed by atoms with van der Waals surface area (Å²) in [5, 5.41) is 9.06. The summed E-state index contributed by atoms with van der Waals surface area (Å²) in [4.78, 5) is 14.9. The van der Waals surface area contributed by atoms with E-state index in [0.717, 1.165) is 6.07 Å². The van der Waals surface area contributed by atoms with Gasteiger partial charge in [0.2, 0.25) is 0 Å². The van der Waals surface area contributed by atoms with Crippen molar-refractivity contribution in [2.75, 3.05) is 4.72 Å². The van der Waals surface area contributed by atoms with Gasteiger partial charge in [-0.1, -0.05) is 12.1 Å². The van der Waals surface area contributed by atoms with Crippen molar-refractivity contribution < 1.29 is 18.3 Å². The normalized spacial score (nSPS) is 11.1. The summed E-state index contributed by atoms with van der Waals surface area (Å²) in [6.45, 7) is 3.33. The zero-order chi connectivity index (χ0) is 15.6. The number of pyridine rings is 1. The molecular formula is C14H14N2O4S. The van der Waals surface area contributed by atoms with Crippen LogP contribution >= 0.6 is 0 Å². The van der Waals surface area contributed by atoms with E-state index in [0.29, 0.717) is 11.1 Å². The van der Waals surface area contributed by atoms with Gasteiger partial charge in [0.15, 0.2) is 0 Å². The lowest BCUT2D eigenvalue weighted by atomic mass is 10.1. The van der Waals surface area contributed by atoms with Crippen molar-refractivity contribution in [1.29, 1.82) is 0 Å². The molecule has 0 aliphatic carbocycles. The van der Waals surface area contributed by atoms with Gasteiger partial charge >= 0.3 is 5.97 Å². The number of anilines is 1. The number of aryl methyl sites for hydroxylation is 2. The molecule has 0 bridgehead atoms. The monoisotopic (exact) mass is 306 g/mol. The Bertz CT molecular complexity index is 800. The molecule has 0 amide bonds. The molecule has 0 spiro atoms. The molecule has 0 saturated heterocycles. The highest BCUT2D eigenvalue weighted by molar-refractivity contribution is 7.92. The lowest BCUT2D eigenvalue weighted by molar-refractivity contribution is 0.0696. The second-order valence-electron chi connectivity index (χ2n) is 4.56. The molecule has 0 unspecified atom stereocenters. The van der Waals surface area contributed by atoms with Gasteiger partial charge in [-0.25, -0.2) is 18.2 Å². The topological polar surface area (TPSA) is 96.4 Å². The van der Waals surface area contributed by atoms with Crippen LogP contribution in [0.15, 0.2) is 41.4 Å². The first-order valence-electron chi connectivity index (χ1n) is 6.09. The second-order valence-corrected chi connectivity index (χ2v) is 6.24. The third-order valence-electron chi connectivity index (χ3n) is 2.99. The van der Waals surface area contributed by atoms with Crippen LogP contribution in [0.1, 0.15) is 21.5 Å². The van der Waals surface area contributed by atoms with Gasteiger partial charge in [-0.2, -0.15) is 0 Å². The number of hydrogen-bond donors (Lipinski definition) is 2. The molecule has 2 N–H and O–H groups in total. The SMILES string of the molecule is Cc1ccc(S(=O)(=O)Nc2ncccc2C)cc1C(=O)O. The van der Waals surface area contributed by atoms with Crippen LogP contribution in [-0.4, -0.2) is 24.5 Å². The summed E-state index contributed by atoms with van der Waals surface area (Å²) in [5.41, 5.74) is 1.12. The minimum Gasteiger partial charge on any atom is -0.478 e. The highest BCUT2D eigenvalue weighted by atomic mass is 32.2. The Morgan fingerprint density at radius 3 is 2.52 bits per heavy atom. The van der Waals surface area contributed by atoms with E-state index in [4.69, 9.17) is 5.11 Å². The number of nitrogens with one attached hydrogen (secondary N) is 1. The Kier molecular flexibility index (Phi) is 3.95. The van der Waals surface area contributed by atoms with E-state index in [2.05, 4.69) is 9.71 Å².